The van der Waals surface area contributed by atoms with Gasteiger partial charge in [-0.05, 0) is 57.6 Å². The van der Waals surface area contributed by atoms with E-state index >= 15 is 0 Å². The molecule has 0 bridgehead atoms. The van der Waals surface area contributed by atoms with Crippen LogP contribution in [-0.2, 0) is 10.0 Å². The van der Waals surface area contributed by atoms with Gasteiger partial charge in [0.15, 0.2) is 0 Å². The molecular formula is C20H31NO4S. The van der Waals surface area contributed by atoms with E-state index in [1.807, 2.05) is 13.8 Å². The summed E-state index contributed by atoms with van der Waals surface area (Å²) in [7, 11) is -2.10. The third-order valence-corrected chi connectivity index (χ3v) is 6.61. The maximum Gasteiger partial charge on any atom is 0.247 e. The first kappa shape index (κ1) is 20.8. The molecule has 0 aromatic heterocycles. The van der Waals surface area contributed by atoms with Gasteiger partial charge in [-0.2, -0.15) is 4.31 Å². The van der Waals surface area contributed by atoms with Crippen molar-refractivity contribution >= 4 is 10.0 Å². The van der Waals surface area contributed by atoms with Crippen LogP contribution in [0.2, 0.25) is 0 Å². The number of rotatable bonds is 2. The van der Waals surface area contributed by atoms with Gasteiger partial charge in [0.25, 0.3) is 0 Å². The molecule has 0 saturated carbocycles. The Morgan fingerprint density at radius 3 is 2.69 bits per heavy atom. The van der Waals surface area contributed by atoms with Gasteiger partial charge in [-0.1, -0.05) is 19.1 Å². The van der Waals surface area contributed by atoms with Crippen molar-refractivity contribution in [1.29, 1.82) is 0 Å². The van der Waals surface area contributed by atoms with Gasteiger partial charge in [-0.25, -0.2) is 8.42 Å². The number of benzene rings is 1. The quantitative estimate of drug-likeness (QED) is 0.719. The van der Waals surface area contributed by atoms with Crippen molar-refractivity contribution in [3.63, 3.8) is 0 Å². The molecule has 1 heterocycles. The molecule has 26 heavy (non-hydrogen) atoms. The molecule has 0 saturated heterocycles. The molecule has 1 aliphatic heterocycles. The zero-order chi connectivity index (χ0) is 19.2. The zero-order valence-electron chi connectivity index (χ0n) is 16.3. The predicted molar refractivity (Wildman–Crippen MR) is 104 cm³/mol. The second kappa shape index (κ2) is 9.42. The molecule has 0 fully saturated rings. The van der Waals surface area contributed by atoms with E-state index in [0.717, 1.165) is 25.7 Å². The lowest BCUT2D eigenvalue weighted by atomic mass is 10.1. The minimum absolute atomic E-state index is 0.130. The van der Waals surface area contributed by atoms with Gasteiger partial charge in [0.05, 0.1) is 13.7 Å². The summed E-state index contributed by atoms with van der Waals surface area (Å²) in [5.74, 6) is 1.21. The van der Waals surface area contributed by atoms with Crippen LogP contribution in [0.25, 0.3) is 0 Å². The van der Waals surface area contributed by atoms with Crippen LogP contribution in [0, 0.1) is 5.92 Å². The van der Waals surface area contributed by atoms with Crippen LogP contribution in [0.4, 0.5) is 0 Å². The second-order valence-corrected chi connectivity index (χ2v) is 9.00. The van der Waals surface area contributed by atoms with Gasteiger partial charge < -0.3 is 9.47 Å². The van der Waals surface area contributed by atoms with Gasteiger partial charge in [-0.15, -0.1) is 0 Å². The topological polar surface area (TPSA) is 55.8 Å². The first-order chi connectivity index (χ1) is 12.4. The Kier molecular flexibility index (Phi) is 7.53. The highest BCUT2D eigenvalue weighted by Gasteiger charge is 2.31. The van der Waals surface area contributed by atoms with Gasteiger partial charge in [-0.3, -0.25) is 0 Å². The molecule has 1 aromatic carbocycles. The van der Waals surface area contributed by atoms with Crippen molar-refractivity contribution in [2.45, 2.75) is 57.4 Å². The molecule has 0 radical (unpaired) electrons. The molecule has 0 amide bonds. The maximum atomic E-state index is 13.4. The number of methoxy groups -OCH3 is 1. The molecule has 5 nitrogen and oxygen atoms in total. The van der Waals surface area contributed by atoms with E-state index in [-0.39, 0.29) is 16.9 Å². The smallest absolute Gasteiger partial charge is 0.247 e. The average Bonchev–Trinajstić information content (AvgIpc) is 2.60. The molecule has 0 spiro atoms. The van der Waals surface area contributed by atoms with Gasteiger partial charge in [0.2, 0.25) is 10.0 Å². The summed E-state index contributed by atoms with van der Waals surface area (Å²) in [5.41, 5.74) is 0. The fourth-order valence-corrected chi connectivity index (χ4v) is 4.90. The Hall–Kier alpha value is -1.53. The lowest BCUT2D eigenvalue weighted by molar-refractivity contribution is 0.288. The van der Waals surface area contributed by atoms with Crippen molar-refractivity contribution in [3.05, 3.63) is 30.4 Å². The molecule has 0 unspecified atom stereocenters. The van der Waals surface area contributed by atoms with Crippen molar-refractivity contribution < 1.29 is 17.9 Å². The normalized spacial score (nSPS) is 23.5. The number of ether oxygens (including phenoxy) is 2. The summed E-state index contributed by atoms with van der Waals surface area (Å²) >= 11 is 0. The largest absolute Gasteiger partial charge is 0.497 e. The Morgan fingerprint density at radius 1 is 1.23 bits per heavy atom. The molecule has 1 aliphatic rings. The van der Waals surface area contributed by atoms with Gasteiger partial charge in [0, 0.05) is 18.7 Å². The van der Waals surface area contributed by atoms with Gasteiger partial charge >= 0.3 is 0 Å². The SMILES string of the molecule is COc1ccc2c(c1)OCCCC/C=C/C[C@H](C)CN(C(C)C)S2(=O)=O. The van der Waals surface area contributed by atoms with Crippen LogP contribution in [0.3, 0.4) is 0 Å². The Labute approximate surface area is 158 Å². The summed E-state index contributed by atoms with van der Waals surface area (Å²) < 4.78 is 39.4. The molecule has 1 aromatic rings. The van der Waals surface area contributed by atoms with Crippen LogP contribution >= 0.6 is 0 Å². The number of sulfonamides is 1. The predicted octanol–water partition coefficient (Wildman–Crippen LogP) is 4.24. The van der Waals surface area contributed by atoms with E-state index < -0.39 is 10.0 Å². The van der Waals surface area contributed by atoms with E-state index in [2.05, 4.69) is 19.1 Å². The van der Waals surface area contributed by atoms with Crippen LogP contribution < -0.4 is 9.47 Å². The summed E-state index contributed by atoms with van der Waals surface area (Å²) in [4.78, 5) is 0.215. The van der Waals surface area contributed by atoms with Crippen molar-refractivity contribution in [1.82, 2.24) is 4.31 Å². The third kappa shape index (κ3) is 5.24. The Morgan fingerprint density at radius 2 is 2.00 bits per heavy atom. The summed E-state index contributed by atoms with van der Waals surface area (Å²) in [6, 6.07) is 4.80. The molecule has 146 valence electrons. The van der Waals surface area contributed by atoms with Crippen LogP contribution in [0.5, 0.6) is 11.5 Å². The third-order valence-electron chi connectivity index (χ3n) is 4.53. The Bertz CT molecular complexity index is 713. The molecular weight excluding hydrogens is 350 g/mol. The van der Waals surface area contributed by atoms with Crippen molar-refractivity contribution in [2.24, 2.45) is 5.92 Å². The fraction of sp³-hybridized carbons (Fsp3) is 0.600. The minimum atomic E-state index is -3.66. The van der Waals surface area contributed by atoms with E-state index in [0.29, 0.717) is 24.7 Å². The molecule has 1 atom stereocenters. The number of hydrogen-bond acceptors (Lipinski definition) is 4. The highest BCUT2D eigenvalue weighted by molar-refractivity contribution is 7.89. The van der Waals surface area contributed by atoms with E-state index in [1.54, 1.807) is 29.6 Å². The average molecular weight is 382 g/mol. The standard InChI is InChI=1S/C20H31NO4S/c1-16(2)21-15-17(3)10-8-6-5-7-9-13-25-19-14-18(24-4)11-12-20(19)26(21,22)23/h6,8,11-12,14,16-17H,5,7,9-10,13,15H2,1-4H3/b8-6+/t17-/m0/s1. The van der Waals surface area contributed by atoms with E-state index in [1.165, 1.54) is 0 Å². The summed E-state index contributed by atoms with van der Waals surface area (Å²) in [6.07, 6.45) is 8.16. The number of allylic oxidation sites excluding steroid dienone is 2. The highest BCUT2D eigenvalue weighted by Crippen LogP contribution is 2.32. The monoisotopic (exact) mass is 381 g/mol. The first-order valence-electron chi connectivity index (χ1n) is 9.34. The summed E-state index contributed by atoms with van der Waals surface area (Å²) in [5, 5.41) is 0. The second-order valence-electron chi connectivity index (χ2n) is 7.14. The molecule has 2 rings (SSSR count). The molecule has 6 heteroatoms. The zero-order valence-corrected chi connectivity index (χ0v) is 17.1. The van der Waals surface area contributed by atoms with Crippen LogP contribution in [0.1, 0.15) is 46.5 Å². The lowest BCUT2D eigenvalue weighted by Gasteiger charge is -2.29. The summed E-state index contributed by atoms with van der Waals surface area (Å²) in [6.45, 7) is 6.88. The van der Waals surface area contributed by atoms with E-state index in [9.17, 15) is 8.42 Å². The lowest BCUT2D eigenvalue weighted by Crippen LogP contribution is -2.40. The fourth-order valence-electron chi connectivity index (χ4n) is 3.03. The highest BCUT2D eigenvalue weighted by atomic mass is 32.2. The van der Waals surface area contributed by atoms with Crippen molar-refractivity contribution in [2.75, 3.05) is 20.3 Å². The van der Waals surface area contributed by atoms with Gasteiger partial charge in [0.1, 0.15) is 16.4 Å². The molecule has 0 aliphatic carbocycles. The number of hydrogen-bond donors (Lipinski definition) is 0. The number of fused-ring (bicyclic) bond motifs is 1. The number of nitrogens with zero attached hydrogens (tertiary/aromatic N) is 1. The maximum absolute atomic E-state index is 13.4. The van der Waals surface area contributed by atoms with Crippen LogP contribution in [0.15, 0.2) is 35.2 Å². The first-order valence-corrected chi connectivity index (χ1v) is 10.8. The minimum Gasteiger partial charge on any atom is -0.497 e. The van der Waals surface area contributed by atoms with E-state index in [4.69, 9.17) is 9.47 Å². The van der Waals surface area contributed by atoms with Crippen molar-refractivity contribution in [3.8, 4) is 11.5 Å². The Balaban J connectivity index is 2.46. The van der Waals surface area contributed by atoms with Crippen LogP contribution in [-0.4, -0.2) is 39.0 Å². The molecule has 0 N–H and O–H groups in total.